The van der Waals surface area contributed by atoms with Crippen molar-refractivity contribution >= 4 is 35.2 Å². The normalized spacial score (nSPS) is 20.3. The predicted molar refractivity (Wildman–Crippen MR) is 137 cm³/mol. The van der Waals surface area contributed by atoms with Crippen LogP contribution < -0.4 is 40.2 Å². The minimum absolute atomic E-state index is 0.207. The number of carbonyl (C=O) groups excluding carboxylic acids is 3. The summed E-state index contributed by atoms with van der Waals surface area (Å²) < 4.78 is 22.2. The maximum absolute atomic E-state index is 13.7. The Balaban J connectivity index is 1.92. The second-order valence-corrected chi connectivity index (χ2v) is 8.69. The molecule has 4 N–H and O–H groups in total. The molecule has 0 radical (unpaired) electrons. The zero-order chi connectivity index (χ0) is 26.7. The van der Waals surface area contributed by atoms with Gasteiger partial charge in [-0.1, -0.05) is 12.1 Å². The Kier molecular flexibility index (Phi) is 7.39. The highest BCUT2D eigenvalue weighted by Crippen LogP contribution is 2.50. The molecule has 2 aliphatic rings. The van der Waals surface area contributed by atoms with Gasteiger partial charge in [-0.25, -0.2) is 4.79 Å². The second-order valence-electron chi connectivity index (χ2n) is 8.28. The van der Waals surface area contributed by atoms with Crippen LogP contribution in [-0.4, -0.2) is 50.4 Å². The molecule has 12 heteroatoms. The monoisotopic (exact) mass is 528 g/mol. The quantitative estimate of drug-likeness (QED) is 0.298. The number of thiocarbonyl (C=S) groups is 1. The lowest BCUT2D eigenvalue weighted by Crippen LogP contribution is -2.73. The summed E-state index contributed by atoms with van der Waals surface area (Å²) in [7, 11) is 2.98. The number of methoxy groups -OCH3 is 2. The first kappa shape index (κ1) is 26.0. The fourth-order valence-corrected chi connectivity index (χ4v) is 4.98. The molecular formula is C25H28N4O7S. The van der Waals surface area contributed by atoms with Crippen molar-refractivity contribution in [2.75, 3.05) is 27.4 Å². The van der Waals surface area contributed by atoms with E-state index >= 15 is 0 Å². The van der Waals surface area contributed by atoms with Crippen molar-refractivity contribution in [1.82, 2.24) is 21.3 Å². The Morgan fingerprint density at radius 1 is 0.757 bits per heavy atom. The average Bonchev–Trinajstić information content (AvgIpc) is 2.88. The Bertz CT molecular complexity index is 1160. The Hall–Kier alpha value is -4.06. The van der Waals surface area contributed by atoms with E-state index in [4.69, 9.17) is 31.2 Å². The molecule has 196 valence electrons. The Morgan fingerprint density at radius 2 is 1.19 bits per heavy atom. The molecule has 2 heterocycles. The fourth-order valence-electron chi connectivity index (χ4n) is 4.74. The van der Waals surface area contributed by atoms with Gasteiger partial charge in [0.2, 0.25) is 11.8 Å². The van der Waals surface area contributed by atoms with E-state index in [-0.39, 0.29) is 5.11 Å². The van der Waals surface area contributed by atoms with Gasteiger partial charge in [0.05, 0.1) is 39.5 Å². The molecule has 2 fully saturated rings. The number of urea groups is 1. The van der Waals surface area contributed by atoms with E-state index in [0.717, 1.165) is 0 Å². The molecule has 0 unspecified atom stereocenters. The number of imide groups is 2. The molecule has 0 bridgehead atoms. The first-order valence-corrected chi connectivity index (χ1v) is 12.1. The molecule has 2 aliphatic heterocycles. The van der Waals surface area contributed by atoms with E-state index in [1.54, 1.807) is 36.4 Å². The molecule has 0 aromatic heterocycles. The van der Waals surface area contributed by atoms with Crippen molar-refractivity contribution in [3.63, 3.8) is 0 Å². The highest BCUT2D eigenvalue weighted by molar-refractivity contribution is 7.80. The van der Waals surface area contributed by atoms with E-state index in [2.05, 4.69) is 21.3 Å². The van der Waals surface area contributed by atoms with Gasteiger partial charge in [0.15, 0.2) is 33.5 Å². The number of rotatable bonds is 8. The molecule has 0 aliphatic carbocycles. The smallest absolute Gasteiger partial charge is 0.328 e. The SMILES string of the molecule is CCOc1ccc([C@H]2NC(=S)N[C@H](c3ccc(OCC)c(OC)c3)C23C(=O)NC(=O)NC3=O)cc1OC. The number of barbiturate groups is 1. The van der Waals surface area contributed by atoms with Crippen LogP contribution in [0.4, 0.5) is 4.79 Å². The van der Waals surface area contributed by atoms with Gasteiger partial charge >= 0.3 is 6.03 Å². The number of amides is 4. The molecule has 37 heavy (non-hydrogen) atoms. The molecule has 1 spiro atoms. The summed E-state index contributed by atoms with van der Waals surface area (Å²) >= 11 is 5.51. The lowest BCUT2D eigenvalue weighted by Gasteiger charge is -2.49. The van der Waals surface area contributed by atoms with Crippen molar-refractivity contribution in [1.29, 1.82) is 0 Å². The van der Waals surface area contributed by atoms with E-state index in [9.17, 15) is 14.4 Å². The lowest BCUT2D eigenvalue weighted by atomic mass is 9.65. The maximum Gasteiger partial charge on any atom is 0.328 e. The summed E-state index contributed by atoms with van der Waals surface area (Å²) in [5, 5.41) is 10.9. The molecule has 2 saturated heterocycles. The van der Waals surface area contributed by atoms with Crippen molar-refractivity contribution in [2.45, 2.75) is 25.9 Å². The first-order chi connectivity index (χ1) is 17.8. The highest BCUT2D eigenvalue weighted by atomic mass is 32.1. The second kappa shape index (κ2) is 10.5. The van der Waals surface area contributed by atoms with E-state index < -0.39 is 35.3 Å². The molecule has 0 saturated carbocycles. The number of benzene rings is 2. The van der Waals surface area contributed by atoms with Crippen LogP contribution in [0.15, 0.2) is 36.4 Å². The summed E-state index contributed by atoms with van der Waals surface area (Å²) in [6.45, 7) is 4.53. The van der Waals surface area contributed by atoms with E-state index in [1.807, 2.05) is 13.8 Å². The van der Waals surface area contributed by atoms with Crippen LogP contribution in [0.5, 0.6) is 23.0 Å². The van der Waals surface area contributed by atoms with E-state index in [1.165, 1.54) is 14.2 Å². The number of hydrogen-bond donors (Lipinski definition) is 4. The van der Waals surface area contributed by atoms with Crippen molar-refractivity contribution in [3.8, 4) is 23.0 Å². The Morgan fingerprint density at radius 3 is 1.57 bits per heavy atom. The minimum Gasteiger partial charge on any atom is -0.493 e. The summed E-state index contributed by atoms with van der Waals surface area (Å²) in [4.78, 5) is 39.5. The number of nitrogens with one attached hydrogen (secondary N) is 4. The van der Waals surface area contributed by atoms with Crippen LogP contribution in [0.2, 0.25) is 0 Å². The Labute approximate surface area is 219 Å². The average molecular weight is 529 g/mol. The highest BCUT2D eigenvalue weighted by Gasteiger charge is 2.64. The minimum atomic E-state index is -1.88. The third kappa shape index (κ3) is 4.48. The van der Waals surface area contributed by atoms with Gasteiger partial charge in [-0.3, -0.25) is 20.2 Å². The van der Waals surface area contributed by atoms with Gasteiger partial charge in [0.25, 0.3) is 0 Å². The molecule has 4 rings (SSSR count). The maximum atomic E-state index is 13.7. The third-order valence-electron chi connectivity index (χ3n) is 6.31. The molecule has 2 aromatic rings. The standard InChI is InChI=1S/C25H28N4O7S/c1-5-35-15-9-7-13(11-17(15)33-3)19-25(21(30)28-23(32)29-22(25)31)20(27-24(37)26-19)14-8-10-16(36-6-2)18(12-14)34-4/h7-12,19-20H,5-6H2,1-4H3,(H2,26,27,37)(H2,28,29,30,31,32)/t19-,20-/m1/s1. The molecule has 4 amide bonds. The van der Waals surface area contributed by atoms with Crippen molar-refractivity contribution in [2.24, 2.45) is 5.41 Å². The number of ether oxygens (including phenoxy) is 4. The zero-order valence-corrected chi connectivity index (χ0v) is 21.6. The molecular weight excluding hydrogens is 500 g/mol. The van der Waals surface area contributed by atoms with Crippen molar-refractivity contribution < 1.29 is 33.3 Å². The van der Waals surface area contributed by atoms with Gasteiger partial charge in [-0.2, -0.15) is 0 Å². The first-order valence-electron chi connectivity index (χ1n) is 11.6. The van der Waals surface area contributed by atoms with Gasteiger partial charge in [0, 0.05) is 0 Å². The number of carbonyl (C=O) groups is 3. The zero-order valence-electron chi connectivity index (χ0n) is 20.8. The number of hydrogen-bond acceptors (Lipinski definition) is 8. The summed E-state index contributed by atoms with van der Waals surface area (Å²) in [5.41, 5.74) is -0.842. The van der Waals surface area contributed by atoms with Crippen molar-refractivity contribution in [3.05, 3.63) is 47.5 Å². The molecule has 2 aromatic carbocycles. The lowest BCUT2D eigenvalue weighted by molar-refractivity contribution is -0.149. The van der Waals surface area contributed by atoms with Crippen LogP contribution in [0.1, 0.15) is 37.1 Å². The third-order valence-corrected chi connectivity index (χ3v) is 6.54. The van der Waals surface area contributed by atoms with Crippen LogP contribution in [0, 0.1) is 5.41 Å². The van der Waals surface area contributed by atoms with Crippen LogP contribution in [-0.2, 0) is 9.59 Å². The predicted octanol–water partition coefficient (Wildman–Crippen LogP) is 2.11. The summed E-state index contributed by atoms with van der Waals surface area (Å²) in [6.07, 6.45) is 0. The summed E-state index contributed by atoms with van der Waals surface area (Å²) in [6, 6.07) is 7.29. The topological polar surface area (TPSA) is 136 Å². The molecule has 11 nitrogen and oxygen atoms in total. The van der Waals surface area contributed by atoms with Crippen LogP contribution in [0.3, 0.4) is 0 Å². The largest absolute Gasteiger partial charge is 0.493 e. The van der Waals surface area contributed by atoms with Crippen LogP contribution >= 0.6 is 12.2 Å². The van der Waals surface area contributed by atoms with Gasteiger partial charge in [0.1, 0.15) is 0 Å². The van der Waals surface area contributed by atoms with Gasteiger partial charge < -0.3 is 29.6 Å². The fraction of sp³-hybridized carbons (Fsp3) is 0.360. The molecule has 2 atom stereocenters. The van der Waals surface area contributed by atoms with Crippen LogP contribution in [0.25, 0.3) is 0 Å². The summed E-state index contributed by atoms with van der Waals surface area (Å²) in [5.74, 6) is 0.235. The van der Waals surface area contributed by atoms with E-state index in [0.29, 0.717) is 47.3 Å². The van der Waals surface area contributed by atoms with Gasteiger partial charge in [-0.05, 0) is 61.5 Å². The van der Waals surface area contributed by atoms with Gasteiger partial charge in [-0.15, -0.1) is 0 Å².